The molecule has 3 aliphatic rings. The number of rotatable bonds is 14. The van der Waals surface area contributed by atoms with Crippen molar-refractivity contribution in [1.29, 1.82) is 0 Å². The Morgan fingerprint density at radius 2 is 0.759 bits per heavy atom. The van der Waals surface area contributed by atoms with Crippen LogP contribution in [0.5, 0.6) is 0 Å². The van der Waals surface area contributed by atoms with Gasteiger partial charge in [0.15, 0.2) is 5.78 Å². The first-order chi connectivity index (χ1) is 26.2. The van der Waals surface area contributed by atoms with Crippen molar-refractivity contribution in [3.8, 4) is 0 Å². The Kier molecular flexibility index (Phi) is 30.2. The molecule has 0 N–H and O–H groups in total. The van der Waals surface area contributed by atoms with Gasteiger partial charge in [-0.25, -0.2) is 0 Å². The summed E-state index contributed by atoms with van der Waals surface area (Å²) in [4.78, 5) is 117. The monoisotopic (exact) mass is 892 g/mol. The average molecular weight is 893 g/mol. The maximum atomic E-state index is 12.2. The number of carbonyl (C=O) groups excluding carboxylic acids is 10. The number of amides is 6. The molecule has 6 amide bonds. The maximum absolute atomic E-state index is 12.2. The molecular weight excluding hydrogens is 819 g/mol. The van der Waals surface area contributed by atoms with Gasteiger partial charge in [-0.15, -0.1) is 11.8 Å². The molecule has 58 heavy (non-hydrogen) atoms. The topological polar surface area (TPSA) is 180 Å². The minimum atomic E-state index is -0.243. The van der Waals surface area contributed by atoms with Crippen molar-refractivity contribution in [2.24, 2.45) is 65.1 Å². The molecule has 3 fully saturated rings. The predicted octanol–water partition coefficient (Wildman–Crippen LogP) is 6.05. The Bertz CT molecular complexity index is 1320. The number of carbonyl (C=O) groups is 8. The normalized spacial score (nSPS) is 19.0. The molecule has 1 radical (unpaired) electrons. The molecule has 3 heterocycles. The number of hydrogen-bond donors (Lipinski definition) is 0. The second kappa shape index (κ2) is 29.4. The smallest absolute Gasteiger partial charge is 0.233 e. The van der Waals surface area contributed by atoms with E-state index < -0.39 is 0 Å². The van der Waals surface area contributed by atoms with Crippen LogP contribution in [0.4, 0.5) is 0 Å². The number of Topliss-reactive ketones (excluding diaryl/α,β-unsaturated/α-hetero) is 2. The first-order valence-corrected chi connectivity index (χ1v) is 20.5. The molecule has 3 unspecified atom stereocenters. The Hall–Kier alpha value is -2.80. The SMILES string of the molecule is CC(C)C(=O)C(C)C.CC(C)C(=O)CN1C(=O)CC(C(C)C)C1=O.CC(C)C1CC(=O)N(CCCN2C(=O)CC(C(C)C)C2=O)C1=O.CC(C)[C-]=O.CC(C)[C-]=O.[Y]. The largest absolute Gasteiger partial charge is 0.542 e. The Labute approximate surface area is 374 Å². The summed E-state index contributed by atoms with van der Waals surface area (Å²) in [6, 6.07) is 0. The van der Waals surface area contributed by atoms with Crippen molar-refractivity contribution >= 4 is 59.6 Å². The molecular formula is C44H73N3O10Y-2. The summed E-state index contributed by atoms with van der Waals surface area (Å²) >= 11 is 0. The third-order valence-corrected chi connectivity index (χ3v) is 9.58. The summed E-state index contributed by atoms with van der Waals surface area (Å²) in [6.45, 7) is 30.6. The van der Waals surface area contributed by atoms with Crippen LogP contribution in [0.15, 0.2) is 0 Å². The zero-order valence-electron chi connectivity index (χ0n) is 38.3. The van der Waals surface area contributed by atoms with Crippen LogP contribution in [0, 0.1) is 65.1 Å². The Balaban J connectivity index is -0.000000747. The Morgan fingerprint density at radius 1 is 0.500 bits per heavy atom. The van der Waals surface area contributed by atoms with E-state index in [0.29, 0.717) is 12.2 Å². The molecule has 0 aliphatic carbocycles. The van der Waals surface area contributed by atoms with E-state index in [1.54, 1.807) is 54.1 Å². The van der Waals surface area contributed by atoms with Gasteiger partial charge in [0.25, 0.3) is 0 Å². The van der Waals surface area contributed by atoms with E-state index in [-0.39, 0.29) is 178 Å². The molecule has 0 aromatic rings. The van der Waals surface area contributed by atoms with Crippen LogP contribution in [0.3, 0.4) is 0 Å². The molecule has 329 valence electrons. The summed E-state index contributed by atoms with van der Waals surface area (Å²) in [7, 11) is 0. The van der Waals surface area contributed by atoms with Gasteiger partial charge in [-0.1, -0.05) is 111 Å². The second-order valence-electron chi connectivity index (χ2n) is 17.5. The zero-order valence-corrected chi connectivity index (χ0v) is 41.1. The molecule has 14 heteroatoms. The summed E-state index contributed by atoms with van der Waals surface area (Å²) < 4.78 is 0. The fourth-order valence-electron chi connectivity index (χ4n) is 5.72. The maximum Gasteiger partial charge on any atom is 0.233 e. The first kappa shape index (κ1) is 59.5. The van der Waals surface area contributed by atoms with Crippen LogP contribution in [-0.4, -0.2) is 93.9 Å². The van der Waals surface area contributed by atoms with Gasteiger partial charge in [0.05, 0.1) is 6.54 Å². The molecule has 0 bridgehead atoms. The summed E-state index contributed by atoms with van der Waals surface area (Å²) in [5, 5.41) is 0. The minimum Gasteiger partial charge on any atom is -0.542 e. The van der Waals surface area contributed by atoms with Crippen LogP contribution >= 0.6 is 0 Å². The molecule has 3 rings (SSSR count). The van der Waals surface area contributed by atoms with E-state index in [9.17, 15) is 47.9 Å². The van der Waals surface area contributed by atoms with Gasteiger partial charge in [0.2, 0.25) is 35.4 Å². The number of likely N-dealkylation sites (tertiary alicyclic amines) is 3. The summed E-state index contributed by atoms with van der Waals surface area (Å²) in [6.07, 6.45) is 4.80. The zero-order chi connectivity index (χ0) is 45.1. The summed E-state index contributed by atoms with van der Waals surface area (Å²) in [5.74, 6) is -0.491. The van der Waals surface area contributed by atoms with Gasteiger partial charge in [-0.3, -0.25) is 65.6 Å². The molecule has 3 atom stereocenters. The van der Waals surface area contributed by atoms with Crippen molar-refractivity contribution < 1.29 is 80.7 Å². The van der Waals surface area contributed by atoms with Crippen LogP contribution in [0.25, 0.3) is 0 Å². The van der Waals surface area contributed by atoms with Gasteiger partial charge in [-0.2, -0.15) is 0 Å². The number of imide groups is 3. The molecule has 3 aliphatic heterocycles. The van der Waals surface area contributed by atoms with Gasteiger partial charge in [0, 0.05) is 101 Å². The van der Waals surface area contributed by atoms with Crippen molar-refractivity contribution in [3.63, 3.8) is 0 Å². The molecule has 13 nitrogen and oxygen atoms in total. The Morgan fingerprint density at radius 3 is 0.948 bits per heavy atom. The van der Waals surface area contributed by atoms with Crippen LogP contribution in [0.1, 0.15) is 136 Å². The van der Waals surface area contributed by atoms with Crippen LogP contribution in [0.2, 0.25) is 0 Å². The molecule has 3 saturated heterocycles. The van der Waals surface area contributed by atoms with E-state index in [1.807, 2.05) is 69.2 Å². The van der Waals surface area contributed by atoms with Gasteiger partial charge in [-0.05, 0) is 24.2 Å². The van der Waals surface area contributed by atoms with E-state index in [1.165, 1.54) is 9.80 Å². The predicted molar refractivity (Wildman–Crippen MR) is 219 cm³/mol. The third-order valence-electron chi connectivity index (χ3n) is 9.58. The molecule has 0 spiro atoms. The van der Waals surface area contributed by atoms with Gasteiger partial charge >= 0.3 is 0 Å². The van der Waals surface area contributed by atoms with Crippen LogP contribution < -0.4 is 0 Å². The van der Waals surface area contributed by atoms with E-state index in [0.717, 1.165) is 4.90 Å². The second-order valence-corrected chi connectivity index (χ2v) is 17.5. The minimum absolute atomic E-state index is 0. The van der Waals surface area contributed by atoms with E-state index in [4.69, 9.17) is 0 Å². The standard InChI is InChI=1S/C17H26N2O4.C12H19NO3.C7H14O.2C4H7O.Y/c1-10(2)12-8-14(20)18(16(12)22)6-5-7-19-15(21)9-13(11(3)4)17(19)23;1-7(2)9-5-11(15)13(12(9)16)6-10(14)8(3)4;1-5(2)7(8)6(3)4;2*1-4(2)3-5;/h10-13H,5-9H2,1-4H3;7-9H,5-6H2,1-4H3;5-6H,1-4H3;2*4H,1-2H3;/q;;;2*-1;. The number of nitrogens with zero attached hydrogens (tertiary/aromatic N) is 3. The van der Waals surface area contributed by atoms with Crippen molar-refractivity contribution in [2.75, 3.05) is 19.6 Å². The van der Waals surface area contributed by atoms with Crippen molar-refractivity contribution in [2.45, 2.75) is 136 Å². The fraction of sp³-hybridized carbons (Fsp3) is 0.773. The van der Waals surface area contributed by atoms with Crippen LogP contribution in [-0.2, 0) is 80.7 Å². The molecule has 0 aromatic heterocycles. The van der Waals surface area contributed by atoms with Gasteiger partial charge < -0.3 is 9.59 Å². The van der Waals surface area contributed by atoms with Crippen molar-refractivity contribution in [1.82, 2.24) is 14.7 Å². The quantitative estimate of drug-likeness (QED) is 0.147. The summed E-state index contributed by atoms with van der Waals surface area (Å²) in [5.41, 5.74) is 0. The van der Waals surface area contributed by atoms with E-state index >= 15 is 0 Å². The molecule has 0 saturated carbocycles. The van der Waals surface area contributed by atoms with E-state index in [2.05, 4.69) is 0 Å². The third kappa shape index (κ3) is 20.9. The number of ketones is 2. The van der Waals surface area contributed by atoms with Crippen molar-refractivity contribution in [3.05, 3.63) is 0 Å². The fourth-order valence-corrected chi connectivity index (χ4v) is 5.72. The van der Waals surface area contributed by atoms with Gasteiger partial charge in [0.1, 0.15) is 5.78 Å². The first-order valence-electron chi connectivity index (χ1n) is 20.5. The molecule has 0 aromatic carbocycles. The number of hydrogen-bond acceptors (Lipinski definition) is 10. The average Bonchev–Trinajstić information content (AvgIpc) is 3.69.